The summed E-state index contributed by atoms with van der Waals surface area (Å²) < 4.78 is 94.9. The van der Waals surface area contributed by atoms with E-state index in [1.54, 1.807) is 24.3 Å². The second-order valence-electron chi connectivity index (χ2n) is 11.0. The van der Waals surface area contributed by atoms with Crippen LogP contribution < -0.4 is 4.74 Å². The zero-order valence-corrected chi connectivity index (χ0v) is 25.1. The summed E-state index contributed by atoms with van der Waals surface area (Å²) >= 11 is 4.57. The molecule has 45 heavy (non-hydrogen) atoms. The van der Waals surface area contributed by atoms with Crippen LogP contribution in [0.3, 0.4) is 0 Å². The SMILES string of the molecule is CC/C=C/C1CCC(c2cc(F)c(C(F)(F)Oc3ccc(-c4ccc(-c5ccc(N=C=S)cc5)c(F)c4)c(F)c3)c(F)c2)CC1. The average molecular weight is 638 g/mol. The number of nitrogens with zero attached hydrogens (tertiary/aromatic N) is 1. The molecular formula is C36H29F6NOS. The van der Waals surface area contributed by atoms with Gasteiger partial charge >= 0.3 is 6.11 Å². The predicted molar refractivity (Wildman–Crippen MR) is 167 cm³/mol. The average Bonchev–Trinajstić information content (AvgIpc) is 3.00. The fourth-order valence-electron chi connectivity index (χ4n) is 5.76. The summed E-state index contributed by atoms with van der Waals surface area (Å²) in [6.45, 7) is 2.05. The minimum Gasteiger partial charge on any atom is -0.429 e. The molecule has 0 aromatic heterocycles. The van der Waals surface area contributed by atoms with E-state index in [0.29, 0.717) is 41.6 Å². The number of thiocarbonyl (C=S) groups is 1. The third-order valence-electron chi connectivity index (χ3n) is 8.06. The lowest BCUT2D eigenvalue weighted by Gasteiger charge is -2.28. The van der Waals surface area contributed by atoms with E-state index < -0.39 is 40.7 Å². The fraction of sp³-hybridized carbons (Fsp3) is 0.250. The highest BCUT2D eigenvalue weighted by atomic mass is 32.1. The van der Waals surface area contributed by atoms with Crippen LogP contribution in [0.25, 0.3) is 22.3 Å². The van der Waals surface area contributed by atoms with E-state index in [1.165, 1.54) is 12.1 Å². The number of hydrogen-bond donors (Lipinski definition) is 0. The summed E-state index contributed by atoms with van der Waals surface area (Å²) in [6, 6.07) is 15.3. The Morgan fingerprint density at radius 1 is 0.800 bits per heavy atom. The van der Waals surface area contributed by atoms with E-state index in [4.69, 9.17) is 0 Å². The van der Waals surface area contributed by atoms with Crippen LogP contribution in [0.2, 0.25) is 0 Å². The fourth-order valence-corrected chi connectivity index (χ4v) is 5.86. The second-order valence-corrected chi connectivity index (χ2v) is 11.2. The van der Waals surface area contributed by atoms with Crippen LogP contribution in [0.4, 0.5) is 32.0 Å². The molecule has 2 nitrogen and oxygen atoms in total. The van der Waals surface area contributed by atoms with Crippen molar-refractivity contribution in [3.63, 3.8) is 0 Å². The molecular weight excluding hydrogens is 608 g/mol. The van der Waals surface area contributed by atoms with Crippen molar-refractivity contribution in [1.82, 2.24) is 0 Å². The molecule has 0 N–H and O–H groups in total. The molecule has 1 saturated carbocycles. The van der Waals surface area contributed by atoms with Gasteiger partial charge in [0.2, 0.25) is 0 Å². The van der Waals surface area contributed by atoms with Crippen LogP contribution >= 0.6 is 12.2 Å². The quantitative estimate of drug-likeness (QED) is 0.0788. The molecule has 0 aliphatic heterocycles. The van der Waals surface area contributed by atoms with Crippen molar-refractivity contribution in [3.8, 4) is 28.0 Å². The van der Waals surface area contributed by atoms with Crippen LogP contribution in [-0.2, 0) is 6.11 Å². The minimum absolute atomic E-state index is 0.0802. The smallest absolute Gasteiger partial charge is 0.429 e. The van der Waals surface area contributed by atoms with Crippen molar-refractivity contribution < 1.29 is 31.1 Å². The molecule has 0 bridgehead atoms. The molecule has 9 heteroatoms. The first-order valence-electron chi connectivity index (χ1n) is 14.6. The molecule has 1 aliphatic carbocycles. The Bertz CT molecular complexity index is 1730. The maximum Gasteiger partial charge on any atom is 0.432 e. The van der Waals surface area contributed by atoms with Gasteiger partial charge < -0.3 is 4.74 Å². The molecule has 0 heterocycles. The zero-order valence-electron chi connectivity index (χ0n) is 24.3. The highest BCUT2D eigenvalue weighted by molar-refractivity contribution is 7.78. The first-order valence-corrected chi connectivity index (χ1v) is 15.0. The molecule has 1 fully saturated rings. The van der Waals surface area contributed by atoms with Crippen LogP contribution in [-0.4, -0.2) is 5.16 Å². The number of rotatable bonds is 9. The molecule has 4 aromatic carbocycles. The number of allylic oxidation sites excluding steroid dienone is 2. The topological polar surface area (TPSA) is 21.6 Å². The summed E-state index contributed by atoms with van der Waals surface area (Å²) in [6.07, 6.45) is 3.84. The Morgan fingerprint density at radius 2 is 1.40 bits per heavy atom. The first kappa shape index (κ1) is 32.2. The van der Waals surface area contributed by atoms with Gasteiger partial charge in [0.15, 0.2) is 0 Å². The maximum absolute atomic E-state index is 15.1. The molecule has 0 radical (unpaired) electrons. The number of ether oxygens (including phenoxy) is 1. The molecule has 0 atom stereocenters. The Labute approximate surface area is 263 Å². The van der Waals surface area contributed by atoms with Crippen LogP contribution in [0, 0.1) is 29.2 Å². The first-order chi connectivity index (χ1) is 21.6. The maximum atomic E-state index is 15.1. The molecule has 0 spiro atoms. The van der Waals surface area contributed by atoms with Crippen LogP contribution in [0.1, 0.15) is 56.1 Å². The van der Waals surface area contributed by atoms with Gasteiger partial charge in [-0.1, -0.05) is 43.3 Å². The Kier molecular flexibility index (Phi) is 9.90. The number of isothiocyanates is 1. The number of benzene rings is 4. The predicted octanol–water partition coefficient (Wildman–Crippen LogP) is 11.7. The second kappa shape index (κ2) is 13.8. The third-order valence-corrected chi connectivity index (χ3v) is 8.15. The Balaban J connectivity index is 1.31. The summed E-state index contributed by atoms with van der Waals surface area (Å²) in [5.41, 5.74) is 0.206. The highest BCUT2D eigenvalue weighted by Crippen LogP contribution is 2.41. The third kappa shape index (κ3) is 7.38. The summed E-state index contributed by atoms with van der Waals surface area (Å²) in [7, 11) is 0. The standard InChI is InChI=1S/C36H29F6NOS/c1-2-3-4-22-5-7-23(8-6-22)26-18-33(39)35(34(40)19-26)36(41,42)44-28-14-16-30(32(38)20-28)25-11-15-29(31(37)17-25)24-9-12-27(13-10-24)43-21-45/h3-4,9-20,22-23H,2,5-8H2,1H3/b4-3+. The normalized spacial score (nSPS) is 16.9. The number of halogens is 6. The largest absolute Gasteiger partial charge is 0.432 e. The van der Waals surface area contributed by atoms with Crippen molar-refractivity contribution >= 4 is 23.1 Å². The minimum atomic E-state index is -4.43. The lowest BCUT2D eigenvalue weighted by Crippen LogP contribution is -2.25. The van der Waals surface area contributed by atoms with Gasteiger partial charge in [0, 0.05) is 17.2 Å². The van der Waals surface area contributed by atoms with Gasteiger partial charge in [-0.2, -0.15) is 13.8 Å². The molecule has 5 rings (SSSR count). The van der Waals surface area contributed by atoms with E-state index in [1.807, 2.05) is 6.92 Å². The van der Waals surface area contributed by atoms with Gasteiger partial charge in [0.05, 0.1) is 10.8 Å². The Morgan fingerprint density at radius 3 is 2.00 bits per heavy atom. The van der Waals surface area contributed by atoms with E-state index in [0.717, 1.165) is 49.6 Å². The van der Waals surface area contributed by atoms with Gasteiger partial charge in [0.1, 0.15) is 34.6 Å². The van der Waals surface area contributed by atoms with Gasteiger partial charge in [-0.3, -0.25) is 0 Å². The van der Waals surface area contributed by atoms with E-state index in [2.05, 4.69) is 39.3 Å². The highest BCUT2D eigenvalue weighted by Gasteiger charge is 2.41. The van der Waals surface area contributed by atoms with Gasteiger partial charge in [-0.25, -0.2) is 17.6 Å². The summed E-state index contributed by atoms with van der Waals surface area (Å²) in [4.78, 5) is 3.85. The van der Waals surface area contributed by atoms with Crippen molar-refractivity contribution in [3.05, 3.63) is 119 Å². The zero-order chi connectivity index (χ0) is 32.1. The monoisotopic (exact) mass is 637 g/mol. The van der Waals surface area contributed by atoms with Crippen LogP contribution in [0.15, 0.2) is 89.9 Å². The number of aliphatic imine (C=N–C) groups is 1. The lowest BCUT2D eigenvalue weighted by molar-refractivity contribution is -0.189. The molecule has 0 amide bonds. The molecule has 0 unspecified atom stereocenters. The van der Waals surface area contributed by atoms with Crippen molar-refractivity contribution in [2.24, 2.45) is 10.9 Å². The van der Waals surface area contributed by atoms with Gasteiger partial charge in [0.25, 0.3) is 0 Å². The van der Waals surface area contributed by atoms with Gasteiger partial charge in [-0.15, -0.1) is 0 Å². The molecule has 4 aromatic rings. The Hall–Kier alpha value is -4.20. The number of alkyl halides is 2. The summed E-state index contributed by atoms with van der Waals surface area (Å²) in [5.74, 6) is -4.88. The molecule has 232 valence electrons. The van der Waals surface area contributed by atoms with E-state index in [-0.39, 0.29) is 22.6 Å². The molecule has 0 saturated heterocycles. The van der Waals surface area contributed by atoms with Crippen LogP contribution in [0.5, 0.6) is 5.75 Å². The van der Waals surface area contributed by atoms with E-state index in [9.17, 15) is 8.78 Å². The summed E-state index contributed by atoms with van der Waals surface area (Å²) in [5, 5.41) is 2.25. The van der Waals surface area contributed by atoms with Gasteiger partial charge in [-0.05, 0) is 115 Å². The van der Waals surface area contributed by atoms with Crippen molar-refractivity contribution in [1.29, 1.82) is 0 Å². The van der Waals surface area contributed by atoms with Crippen molar-refractivity contribution in [2.75, 3.05) is 0 Å². The lowest BCUT2D eigenvalue weighted by atomic mass is 9.78. The molecule has 1 aliphatic rings. The number of hydrogen-bond acceptors (Lipinski definition) is 3. The van der Waals surface area contributed by atoms with Crippen molar-refractivity contribution in [2.45, 2.75) is 51.1 Å². The van der Waals surface area contributed by atoms with E-state index >= 15 is 17.6 Å².